The van der Waals surface area contributed by atoms with Gasteiger partial charge in [-0.05, 0) is 19.4 Å². The summed E-state index contributed by atoms with van der Waals surface area (Å²) in [6, 6.07) is 0. The molecule has 1 saturated heterocycles. The van der Waals surface area contributed by atoms with E-state index in [1.54, 1.807) is 0 Å². The van der Waals surface area contributed by atoms with E-state index in [1.807, 2.05) is 0 Å². The smallest absolute Gasteiger partial charge is 0.0679 e. The Bertz CT molecular complexity index is 150. The number of aliphatic hydroxyl groups is 1. The summed E-state index contributed by atoms with van der Waals surface area (Å²) in [7, 11) is 0. The Labute approximate surface area is 68.2 Å². The van der Waals surface area contributed by atoms with Gasteiger partial charge in [0.15, 0.2) is 0 Å². The van der Waals surface area contributed by atoms with Crippen molar-refractivity contribution in [2.24, 2.45) is 0 Å². The summed E-state index contributed by atoms with van der Waals surface area (Å²) >= 11 is 0. The Balaban J connectivity index is 2.05. The Hall–Kier alpha value is -0.520. The molecule has 0 aromatic carbocycles. The van der Waals surface area contributed by atoms with Gasteiger partial charge in [-0.2, -0.15) is 0 Å². The van der Waals surface area contributed by atoms with Crippen LogP contribution in [0.2, 0.25) is 0 Å². The number of terminal acetylenes is 1. The van der Waals surface area contributed by atoms with E-state index in [-0.39, 0.29) is 6.10 Å². The van der Waals surface area contributed by atoms with Crippen LogP contribution in [0.15, 0.2) is 0 Å². The van der Waals surface area contributed by atoms with E-state index >= 15 is 0 Å². The number of nitrogens with zero attached hydrogens (tertiary/aromatic N) is 1. The van der Waals surface area contributed by atoms with Crippen molar-refractivity contribution in [3.8, 4) is 12.3 Å². The van der Waals surface area contributed by atoms with Crippen LogP contribution in [0.25, 0.3) is 0 Å². The molecule has 0 aliphatic carbocycles. The van der Waals surface area contributed by atoms with E-state index in [0.717, 1.165) is 38.9 Å². The first kappa shape index (κ1) is 8.58. The van der Waals surface area contributed by atoms with Gasteiger partial charge in [-0.1, -0.05) is 0 Å². The largest absolute Gasteiger partial charge is 0.392 e. The first-order valence-corrected chi connectivity index (χ1v) is 4.17. The highest BCUT2D eigenvalue weighted by Crippen LogP contribution is 2.08. The van der Waals surface area contributed by atoms with Gasteiger partial charge in [0.2, 0.25) is 0 Å². The van der Waals surface area contributed by atoms with E-state index in [2.05, 4.69) is 10.8 Å². The fraction of sp³-hybridized carbons (Fsp3) is 0.778. The van der Waals surface area contributed by atoms with Gasteiger partial charge in [0.1, 0.15) is 0 Å². The third-order valence-corrected chi connectivity index (χ3v) is 2.04. The number of aliphatic hydroxyl groups excluding tert-OH is 1. The molecular formula is C9H15NO. The third-order valence-electron chi connectivity index (χ3n) is 2.04. The molecule has 2 nitrogen and oxygen atoms in total. The highest BCUT2D eigenvalue weighted by atomic mass is 16.3. The van der Waals surface area contributed by atoms with Crippen molar-refractivity contribution < 1.29 is 5.11 Å². The van der Waals surface area contributed by atoms with Crippen LogP contribution in [-0.2, 0) is 0 Å². The molecule has 0 amide bonds. The summed E-state index contributed by atoms with van der Waals surface area (Å²) in [5, 5.41) is 9.17. The van der Waals surface area contributed by atoms with Crippen LogP contribution in [-0.4, -0.2) is 35.7 Å². The predicted octanol–water partition coefficient (Wildman–Crippen LogP) is 0.466. The maximum Gasteiger partial charge on any atom is 0.0679 e. The zero-order valence-electron chi connectivity index (χ0n) is 6.79. The van der Waals surface area contributed by atoms with Crippen molar-refractivity contribution in [1.82, 2.24) is 4.90 Å². The Morgan fingerprint density at radius 2 is 2.45 bits per heavy atom. The quantitative estimate of drug-likeness (QED) is 0.470. The molecule has 0 bridgehead atoms. The lowest BCUT2D eigenvalue weighted by Crippen LogP contribution is -2.22. The molecule has 62 valence electrons. The minimum absolute atomic E-state index is 0.0964. The van der Waals surface area contributed by atoms with Crippen molar-refractivity contribution in [2.45, 2.75) is 25.4 Å². The van der Waals surface area contributed by atoms with Crippen LogP contribution >= 0.6 is 0 Å². The minimum atomic E-state index is -0.0964. The number of likely N-dealkylation sites (tertiary alicyclic amines) is 1. The lowest BCUT2D eigenvalue weighted by Gasteiger charge is -2.12. The average Bonchev–Trinajstić information content (AvgIpc) is 2.37. The lowest BCUT2D eigenvalue weighted by molar-refractivity contribution is 0.176. The van der Waals surface area contributed by atoms with Crippen LogP contribution in [0.3, 0.4) is 0 Å². The van der Waals surface area contributed by atoms with E-state index in [9.17, 15) is 5.11 Å². The normalized spacial score (nSPS) is 25.3. The van der Waals surface area contributed by atoms with Crippen molar-refractivity contribution in [1.29, 1.82) is 0 Å². The first-order chi connectivity index (χ1) is 5.33. The molecule has 2 heteroatoms. The fourth-order valence-electron chi connectivity index (χ4n) is 1.42. The second-order valence-corrected chi connectivity index (χ2v) is 3.05. The second kappa shape index (κ2) is 4.38. The summed E-state index contributed by atoms with van der Waals surface area (Å²) in [6.45, 7) is 2.91. The molecule has 0 aromatic heterocycles. The summed E-state index contributed by atoms with van der Waals surface area (Å²) in [4.78, 5) is 2.27. The first-order valence-electron chi connectivity index (χ1n) is 4.17. The van der Waals surface area contributed by atoms with Gasteiger partial charge >= 0.3 is 0 Å². The number of rotatable bonds is 3. The van der Waals surface area contributed by atoms with Crippen molar-refractivity contribution in [2.75, 3.05) is 19.6 Å². The Kier molecular flexibility index (Phi) is 3.41. The lowest BCUT2D eigenvalue weighted by atomic mass is 10.3. The molecule has 0 saturated carbocycles. The van der Waals surface area contributed by atoms with Crippen LogP contribution in [0.1, 0.15) is 19.3 Å². The summed E-state index contributed by atoms with van der Waals surface area (Å²) in [6.07, 6.45) is 7.87. The average molecular weight is 153 g/mol. The van der Waals surface area contributed by atoms with Gasteiger partial charge in [-0.3, -0.25) is 0 Å². The van der Waals surface area contributed by atoms with Gasteiger partial charge in [0.05, 0.1) is 6.10 Å². The molecule has 1 atom stereocenters. The molecule has 1 heterocycles. The number of hydrogen-bond acceptors (Lipinski definition) is 2. The third kappa shape index (κ3) is 2.92. The van der Waals surface area contributed by atoms with Crippen LogP contribution < -0.4 is 0 Å². The monoisotopic (exact) mass is 153 g/mol. The minimum Gasteiger partial charge on any atom is -0.392 e. The molecule has 0 spiro atoms. The Morgan fingerprint density at radius 3 is 3.00 bits per heavy atom. The zero-order valence-corrected chi connectivity index (χ0v) is 6.79. The van der Waals surface area contributed by atoms with Crippen molar-refractivity contribution >= 4 is 0 Å². The van der Waals surface area contributed by atoms with Gasteiger partial charge in [0, 0.05) is 19.5 Å². The molecule has 0 radical (unpaired) electrons. The Morgan fingerprint density at radius 1 is 1.64 bits per heavy atom. The second-order valence-electron chi connectivity index (χ2n) is 3.05. The standard InChI is InChI=1S/C9H15NO/c1-2-3-4-6-10-7-5-9(11)8-10/h1,9,11H,3-8H2/t9-/m1/s1. The van der Waals surface area contributed by atoms with Gasteiger partial charge in [-0.15, -0.1) is 12.3 Å². The van der Waals surface area contributed by atoms with E-state index in [0.29, 0.717) is 0 Å². The molecule has 1 aliphatic heterocycles. The SMILES string of the molecule is C#CCCCN1CC[C@@H](O)C1. The molecule has 1 N–H and O–H groups in total. The van der Waals surface area contributed by atoms with E-state index in [4.69, 9.17) is 6.42 Å². The van der Waals surface area contributed by atoms with Crippen LogP contribution in [0.5, 0.6) is 0 Å². The van der Waals surface area contributed by atoms with Gasteiger partial charge in [-0.25, -0.2) is 0 Å². The molecular weight excluding hydrogens is 138 g/mol. The van der Waals surface area contributed by atoms with Gasteiger partial charge in [0.25, 0.3) is 0 Å². The summed E-state index contributed by atoms with van der Waals surface area (Å²) < 4.78 is 0. The van der Waals surface area contributed by atoms with Crippen LogP contribution in [0, 0.1) is 12.3 Å². The van der Waals surface area contributed by atoms with E-state index in [1.165, 1.54) is 0 Å². The van der Waals surface area contributed by atoms with Gasteiger partial charge < -0.3 is 10.0 Å². The highest BCUT2D eigenvalue weighted by Gasteiger charge is 2.18. The predicted molar refractivity (Wildman–Crippen MR) is 45.1 cm³/mol. The topological polar surface area (TPSA) is 23.5 Å². The number of hydrogen-bond donors (Lipinski definition) is 1. The molecule has 0 aromatic rings. The highest BCUT2D eigenvalue weighted by molar-refractivity contribution is 4.84. The number of β-amino-alcohol motifs (C(OH)–C–C–N with tert-alkyl or cyclic N) is 1. The maximum atomic E-state index is 9.17. The van der Waals surface area contributed by atoms with Crippen LogP contribution in [0.4, 0.5) is 0 Å². The summed E-state index contributed by atoms with van der Waals surface area (Å²) in [5.41, 5.74) is 0. The molecule has 11 heavy (non-hydrogen) atoms. The molecule has 1 rings (SSSR count). The summed E-state index contributed by atoms with van der Waals surface area (Å²) in [5.74, 6) is 2.61. The zero-order chi connectivity index (χ0) is 8.10. The maximum absolute atomic E-state index is 9.17. The molecule has 1 fully saturated rings. The fourth-order valence-corrected chi connectivity index (χ4v) is 1.42. The molecule has 1 aliphatic rings. The van der Waals surface area contributed by atoms with E-state index < -0.39 is 0 Å². The number of unbranched alkanes of at least 4 members (excludes halogenated alkanes) is 1. The molecule has 0 unspecified atom stereocenters. The van der Waals surface area contributed by atoms with Crippen molar-refractivity contribution in [3.63, 3.8) is 0 Å². The van der Waals surface area contributed by atoms with Crippen molar-refractivity contribution in [3.05, 3.63) is 0 Å².